The van der Waals surface area contributed by atoms with Crippen molar-refractivity contribution in [1.82, 2.24) is 0 Å². The molecule has 6 heteroatoms. The maximum atomic E-state index is 8.48. The first-order chi connectivity index (χ1) is 4.65. The predicted molar refractivity (Wildman–Crippen MR) is 37.3 cm³/mol. The third-order valence-electron chi connectivity index (χ3n) is 0.638. The summed E-state index contributed by atoms with van der Waals surface area (Å²) in [6.45, 7) is 4.29. The van der Waals surface area contributed by atoms with E-state index in [0.717, 1.165) is 0 Å². The molecule has 0 amide bonds. The fourth-order valence-electron chi connectivity index (χ4n) is 0.333. The minimum absolute atomic E-state index is 0. The average Bonchev–Trinajstić information content (AvgIpc) is 1.82. The van der Waals surface area contributed by atoms with Crippen LogP contribution in [0.15, 0.2) is 12.2 Å². The van der Waals surface area contributed by atoms with Crippen LogP contribution >= 0.6 is 8.25 Å². The molecule has 0 unspecified atom stereocenters. The molecule has 0 aromatic rings. The normalized spacial score (nSPS) is 7.33. The van der Waals surface area contributed by atoms with Crippen LogP contribution in [0.1, 0.15) is 26.7 Å². The van der Waals surface area contributed by atoms with Gasteiger partial charge in [-0.1, -0.05) is 30.6 Å². The van der Waals surface area contributed by atoms with E-state index in [1.807, 2.05) is 0 Å². The van der Waals surface area contributed by atoms with Crippen LogP contribution in [-0.4, -0.2) is 0 Å². The number of allylic oxidation sites excluding steroid dienone is 2. The Balaban J connectivity index is -0.0000000483. The first kappa shape index (κ1) is 23.5. The molecule has 0 aliphatic carbocycles. The maximum Gasteiger partial charge on any atom is 1.00 e. The zero-order valence-corrected chi connectivity index (χ0v) is 13.1. The van der Waals surface area contributed by atoms with Crippen LogP contribution in [0.2, 0.25) is 0 Å². The van der Waals surface area contributed by atoms with Crippen molar-refractivity contribution < 1.29 is 73.5 Å². The Labute approximate surface area is 119 Å². The van der Waals surface area contributed by atoms with Gasteiger partial charge in [-0.3, -0.25) is 0 Å². The first-order valence-electron chi connectivity index (χ1n) is 3.11. The van der Waals surface area contributed by atoms with Crippen LogP contribution in [0.25, 0.3) is 0 Å². The minimum atomic E-state index is -3.37. The van der Waals surface area contributed by atoms with Gasteiger partial charge >= 0.3 is 59.1 Å². The van der Waals surface area contributed by atoms with Gasteiger partial charge in [0.1, 0.15) is 0 Å². The summed E-state index contributed by atoms with van der Waals surface area (Å²) in [7, 11) is -3.37. The Morgan fingerprint density at radius 3 is 1.33 bits per heavy atom. The van der Waals surface area contributed by atoms with E-state index >= 15 is 0 Å². The monoisotopic (exact) mass is 209 g/mol. The first-order valence-corrected chi connectivity index (χ1v) is 4.21. The van der Waals surface area contributed by atoms with E-state index in [-0.39, 0.29) is 59.1 Å². The largest absolute Gasteiger partial charge is 1.00 e. The fourth-order valence-corrected chi connectivity index (χ4v) is 0.333. The molecule has 0 bridgehead atoms. The van der Waals surface area contributed by atoms with Gasteiger partial charge in [0.05, 0.1) is 0 Å². The van der Waals surface area contributed by atoms with Crippen LogP contribution < -0.4 is 68.9 Å². The molecule has 0 heterocycles. The van der Waals surface area contributed by atoms with Crippen LogP contribution in [0.5, 0.6) is 0 Å². The summed E-state index contributed by atoms with van der Waals surface area (Å²) in [4.78, 5) is 17.0. The van der Waals surface area contributed by atoms with Gasteiger partial charge in [0, 0.05) is 0 Å². The van der Waals surface area contributed by atoms with Crippen molar-refractivity contribution in [2.75, 3.05) is 0 Å². The number of hydrogen-bond acceptors (Lipinski definition) is 3. The molecule has 3 nitrogen and oxygen atoms in total. The molecule has 0 saturated heterocycles. The van der Waals surface area contributed by atoms with Crippen molar-refractivity contribution in [2.24, 2.45) is 0 Å². The molecule has 0 aromatic carbocycles. The summed E-state index contributed by atoms with van der Waals surface area (Å²) in [5.41, 5.74) is 0. The molecule has 0 aliphatic heterocycles. The molecule has 0 spiro atoms. The van der Waals surface area contributed by atoms with E-state index in [2.05, 4.69) is 26.0 Å². The fraction of sp³-hybridized carbons (Fsp3) is 0.667. The van der Waals surface area contributed by atoms with Crippen molar-refractivity contribution in [3.05, 3.63) is 12.2 Å². The van der Waals surface area contributed by atoms with Gasteiger partial charge in [0.25, 0.3) is 8.25 Å². The molecule has 0 radical (unpaired) electrons. The van der Waals surface area contributed by atoms with E-state index in [0.29, 0.717) is 0 Å². The van der Waals surface area contributed by atoms with Gasteiger partial charge in [0.15, 0.2) is 0 Å². The van der Waals surface area contributed by atoms with Gasteiger partial charge in [-0.25, -0.2) is 0 Å². The van der Waals surface area contributed by atoms with E-state index in [9.17, 15) is 0 Å². The smallest absolute Gasteiger partial charge is 0.598 e. The van der Waals surface area contributed by atoms with Gasteiger partial charge in [0.2, 0.25) is 0 Å². The van der Waals surface area contributed by atoms with E-state index in [1.54, 1.807) is 0 Å². The topological polar surface area (TPSA) is 63.2 Å². The number of hydrogen-bond donors (Lipinski definition) is 0. The van der Waals surface area contributed by atoms with E-state index < -0.39 is 8.25 Å². The van der Waals surface area contributed by atoms with Crippen molar-refractivity contribution in [3.63, 3.8) is 0 Å². The minimum Gasteiger partial charge on any atom is -0.598 e. The van der Waals surface area contributed by atoms with Crippen LogP contribution in [0, 0.1) is 0 Å². The van der Waals surface area contributed by atoms with Crippen molar-refractivity contribution >= 4 is 8.25 Å². The summed E-state index contributed by atoms with van der Waals surface area (Å²) in [5, 5.41) is 0. The maximum absolute atomic E-state index is 8.48. The summed E-state index contributed by atoms with van der Waals surface area (Å²) in [5.74, 6) is 0. The Bertz CT molecular complexity index is 99.0. The van der Waals surface area contributed by atoms with E-state index in [1.165, 1.54) is 12.8 Å². The van der Waals surface area contributed by atoms with E-state index in [4.69, 9.17) is 14.4 Å². The molecule has 0 aliphatic rings. The van der Waals surface area contributed by atoms with Gasteiger partial charge < -0.3 is 9.79 Å². The van der Waals surface area contributed by atoms with Crippen LogP contribution in [0.4, 0.5) is 0 Å². The third kappa shape index (κ3) is 60.1. The van der Waals surface area contributed by atoms with Crippen LogP contribution in [-0.2, 0) is 4.57 Å². The van der Waals surface area contributed by atoms with Gasteiger partial charge in [-0.15, -0.1) is 0 Å². The second-order valence-electron chi connectivity index (χ2n) is 1.51. The Morgan fingerprint density at radius 2 is 1.25 bits per heavy atom. The Hall–Kier alpha value is 1.76. The predicted octanol–water partition coefficient (Wildman–Crippen LogP) is -5.26. The molecule has 60 valence electrons. The van der Waals surface area contributed by atoms with Crippen molar-refractivity contribution in [3.8, 4) is 0 Å². The second kappa shape index (κ2) is 23.0. The summed E-state index contributed by atoms with van der Waals surface area (Å²) in [6, 6.07) is 0. The molecule has 12 heavy (non-hydrogen) atoms. The summed E-state index contributed by atoms with van der Waals surface area (Å²) < 4.78 is 8.48. The second-order valence-corrected chi connectivity index (χ2v) is 1.96. The van der Waals surface area contributed by atoms with Gasteiger partial charge in [-0.05, 0) is 12.8 Å². The number of rotatable bonds is 2. The van der Waals surface area contributed by atoms with Gasteiger partial charge in [-0.2, -0.15) is 0 Å². The molecular formula is C6H12Na2O3P+. The zero-order chi connectivity index (χ0) is 8.41. The molecule has 0 rings (SSSR count). The molecule has 0 aromatic heterocycles. The zero-order valence-electron chi connectivity index (χ0n) is 8.24. The third-order valence-corrected chi connectivity index (χ3v) is 0.638. The summed E-state index contributed by atoms with van der Waals surface area (Å²) >= 11 is 0. The summed E-state index contributed by atoms with van der Waals surface area (Å²) in [6.07, 6.45) is 6.71. The van der Waals surface area contributed by atoms with Crippen molar-refractivity contribution in [2.45, 2.75) is 26.7 Å². The molecular weight excluding hydrogens is 197 g/mol. The Morgan fingerprint density at radius 1 is 1.08 bits per heavy atom. The quantitative estimate of drug-likeness (QED) is 0.259. The Kier molecular flexibility index (Phi) is 45.1. The molecule has 0 N–H and O–H groups in total. The standard InChI is InChI=1S/C6H12.2Na.HO3P/c1-3-5-6-4-2;;;1-4(2)3/h5-6H,3-4H2,1-2H3;;;(H,1,2,3)/q;2*+1;/p-1. The average molecular weight is 209 g/mol. The molecule has 0 fully saturated rings. The molecule has 0 saturated carbocycles. The van der Waals surface area contributed by atoms with Crippen LogP contribution in [0.3, 0.4) is 0 Å². The molecule has 0 atom stereocenters. The van der Waals surface area contributed by atoms with Crippen molar-refractivity contribution in [1.29, 1.82) is 0 Å². The SMILES string of the molecule is CCC=CCC.O=[P+]([O-])[O-].[Na+].[Na+].